The Morgan fingerprint density at radius 3 is 2.73 bits per heavy atom. The lowest BCUT2D eigenvalue weighted by Gasteiger charge is -2.12. The van der Waals surface area contributed by atoms with Gasteiger partial charge in [-0.1, -0.05) is 13.8 Å². The largest absolute Gasteiger partial charge is 0.481 e. The summed E-state index contributed by atoms with van der Waals surface area (Å²) in [5, 5.41) is 8.46. The predicted molar refractivity (Wildman–Crippen MR) is 40.4 cm³/mol. The van der Waals surface area contributed by atoms with E-state index in [4.69, 9.17) is 9.84 Å². The minimum absolute atomic E-state index is 0.0671. The van der Waals surface area contributed by atoms with Gasteiger partial charge in [0.15, 0.2) is 0 Å². The van der Waals surface area contributed by atoms with E-state index in [0.717, 1.165) is 6.42 Å². The van der Waals surface area contributed by atoms with Gasteiger partial charge in [0.05, 0.1) is 19.1 Å². The average molecular weight is 158 g/mol. The van der Waals surface area contributed by atoms with Crippen LogP contribution < -0.4 is 0 Å². The highest BCUT2D eigenvalue weighted by Crippen LogP contribution is 2.32. The topological polar surface area (TPSA) is 46.5 Å². The number of carboxylic acid groups (broad SMARTS) is 1. The van der Waals surface area contributed by atoms with E-state index in [2.05, 4.69) is 13.8 Å². The molecule has 0 aliphatic carbocycles. The summed E-state index contributed by atoms with van der Waals surface area (Å²) in [5.74, 6) is -0.771. The van der Waals surface area contributed by atoms with Crippen LogP contribution >= 0.6 is 0 Å². The first kappa shape index (κ1) is 8.53. The van der Waals surface area contributed by atoms with E-state index in [1.807, 2.05) is 0 Å². The maximum Gasteiger partial charge on any atom is 0.305 e. The first-order chi connectivity index (χ1) is 4.99. The van der Waals surface area contributed by atoms with Crippen LogP contribution in [0, 0.1) is 5.41 Å². The molecule has 1 unspecified atom stereocenters. The van der Waals surface area contributed by atoms with Gasteiger partial charge in [-0.05, 0) is 11.8 Å². The lowest BCUT2D eigenvalue weighted by molar-refractivity contribution is -0.139. The van der Waals surface area contributed by atoms with E-state index in [1.54, 1.807) is 0 Å². The van der Waals surface area contributed by atoms with Crippen molar-refractivity contribution in [1.29, 1.82) is 0 Å². The normalized spacial score (nSPS) is 28.7. The van der Waals surface area contributed by atoms with Gasteiger partial charge in [-0.15, -0.1) is 0 Å². The van der Waals surface area contributed by atoms with Crippen LogP contribution in [0.1, 0.15) is 26.7 Å². The van der Waals surface area contributed by atoms with Crippen LogP contribution in [0.3, 0.4) is 0 Å². The first-order valence-electron chi connectivity index (χ1n) is 3.83. The smallest absolute Gasteiger partial charge is 0.305 e. The molecule has 3 heteroatoms. The summed E-state index contributed by atoms with van der Waals surface area (Å²) in [6, 6.07) is 0. The molecule has 0 aromatic carbocycles. The standard InChI is InChI=1S/C8H14O3/c1-8(2)4-6(11-5-8)3-7(9)10/h6H,3-5H2,1-2H3,(H,9,10). The quantitative estimate of drug-likeness (QED) is 0.658. The van der Waals surface area contributed by atoms with Gasteiger partial charge in [0, 0.05) is 0 Å². The molecule has 64 valence electrons. The molecular weight excluding hydrogens is 144 g/mol. The Morgan fingerprint density at radius 1 is 1.73 bits per heavy atom. The van der Waals surface area contributed by atoms with Crippen LogP contribution in [-0.4, -0.2) is 23.8 Å². The molecule has 0 bridgehead atoms. The molecule has 0 amide bonds. The minimum Gasteiger partial charge on any atom is -0.481 e. The van der Waals surface area contributed by atoms with Gasteiger partial charge in [0.25, 0.3) is 0 Å². The van der Waals surface area contributed by atoms with Crippen molar-refractivity contribution in [3.8, 4) is 0 Å². The lowest BCUT2D eigenvalue weighted by atomic mass is 9.90. The zero-order valence-corrected chi connectivity index (χ0v) is 6.96. The van der Waals surface area contributed by atoms with Gasteiger partial charge in [-0.2, -0.15) is 0 Å². The Labute approximate surface area is 66.4 Å². The number of carboxylic acids is 1. The lowest BCUT2D eigenvalue weighted by Crippen LogP contribution is -2.13. The first-order valence-corrected chi connectivity index (χ1v) is 3.83. The van der Waals surface area contributed by atoms with E-state index in [0.29, 0.717) is 6.61 Å². The number of rotatable bonds is 2. The Morgan fingerprint density at radius 2 is 2.36 bits per heavy atom. The molecule has 0 aromatic rings. The second-order valence-corrected chi connectivity index (χ2v) is 3.90. The number of hydrogen-bond acceptors (Lipinski definition) is 2. The van der Waals surface area contributed by atoms with Crippen LogP contribution in [0.2, 0.25) is 0 Å². The molecule has 3 nitrogen and oxygen atoms in total. The highest BCUT2D eigenvalue weighted by molar-refractivity contribution is 5.67. The fourth-order valence-electron chi connectivity index (χ4n) is 1.40. The summed E-state index contributed by atoms with van der Waals surface area (Å²) in [6.45, 7) is 4.87. The number of hydrogen-bond donors (Lipinski definition) is 1. The van der Waals surface area contributed by atoms with Crippen molar-refractivity contribution in [2.75, 3.05) is 6.61 Å². The molecule has 1 aliphatic rings. The molecule has 1 saturated heterocycles. The van der Waals surface area contributed by atoms with Crippen LogP contribution in [0.4, 0.5) is 0 Å². The van der Waals surface area contributed by atoms with Gasteiger partial charge in [0.2, 0.25) is 0 Å². The van der Waals surface area contributed by atoms with Gasteiger partial charge in [0.1, 0.15) is 0 Å². The van der Waals surface area contributed by atoms with Gasteiger partial charge in [-0.25, -0.2) is 0 Å². The summed E-state index contributed by atoms with van der Waals surface area (Å²) in [4.78, 5) is 10.3. The average Bonchev–Trinajstić information content (AvgIpc) is 2.08. The molecule has 1 N–H and O–H groups in total. The summed E-state index contributed by atoms with van der Waals surface area (Å²) < 4.78 is 5.30. The number of aliphatic carboxylic acids is 1. The fourth-order valence-corrected chi connectivity index (χ4v) is 1.40. The predicted octanol–water partition coefficient (Wildman–Crippen LogP) is 1.28. The van der Waals surface area contributed by atoms with Crippen molar-refractivity contribution in [1.82, 2.24) is 0 Å². The second-order valence-electron chi connectivity index (χ2n) is 3.90. The highest BCUT2D eigenvalue weighted by Gasteiger charge is 2.32. The van der Waals surface area contributed by atoms with E-state index < -0.39 is 5.97 Å². The van der Waals surface area contributed by atoms with E-state index >= 15 is 0 Å². The van der Waals surface area contributed by atoms with E-state index in [-0.39, 0.29) is 17.9 Å². The number of ether oxygens (including phenoxy) is 1. The third-order valence-corrected chi connectivity index (χ3v) is 1.89. The van der Waals surface area contributed by atoms with Crippen molar-refractivity contribution < 1.29 is 14.6 Å². The molecule has 0 radical (unpaired) electrons. The van der Waals surface area contributed by atoms with Crippen molar-refractivity contribution in [3.63, 3.8) is 0 Å². The van der Waals surface area contributed by atoms with Crippen molar-refractivity contribution in [2.24, 2.45) is 5.41 Å². The third kappa shape index (κ3) is 2.50. The van der Waals surface area contributed by atoms with Crippen LogP contribution in [-0.2, 0) is 9.53 Å². The zero-order valence-electron chi connectivity index (χ0n) is 6.96. The Balaban J connectivity index is 2.36. The maximum absolute atomic E-state index is 10.3. The summed E-state index contributed by atoms with van der Waals surface area (Å²) in [6.07, 6.45) is 0.936. The molecule has 0 saturated carbocycles. The zero-order chi connectivity index (χ0) is 8.48. The number of carbonyl (C=O) groups is 1. The maximum atomic E-state index is 10.3. The summed E-state index contributed by atoms with van der Waals surface area (Å²) >= 11 is 0. The molecule has 1 atom stereocenters. The molecular formula is C8H14O3. The van der Waals surface area contributed by atoms with E-state index in [1.165, 1.54) is 0 Å². The minimum atomic E-state index is -0.771. The Bertz CT molecular complexity index is 163. The van der Waals surface area contributed by atoms with Gasteiger partial charge >= 0.3 is 5.97 Å². The van der Waals surface area contributed by atoms with Crippen molar-refractivity contribution in [2.45, 2.75) is 32.8 Å². The molecule has 0 spiro atoms. The summed E-state index contributed by atoms with van der Waals surface area (Å²) in [5.41, 5.74) is 0.167. The molecule has 1 fully saturated rings. The molecule has 11 heavy (non-hydrogen) atoms. The van der Waals surface area contributed by atoms with Gasteiger partial charge in [-0.3, -0.25) is 4.79 Å². The van der Waals surface area contributed by atoms with Gasteiger partial charge < -0.3 is 9.84 Å². The molecule has 0 aromatic heterocycles. The Hall–Kier alpha value is -0.570. The SMILES string of the molecule is CC1(C)COC(CC(=O)O)C1. The van der Waals surface area contributed by atoms with Crippen LogP contribution in [0.25, 0.3) is 0 Å². The van der Waals surface area contributed by atoms with Crippen molar-refractivity contribution >= 4 is 5.97 Å². The second kappa shape index (κ2) is 2.81. The Kier molecular flexibility index (Phi) is 2.18. The molecule has 1 rings (SSSR count). The monoisotopic (exact) mass is 158 g/mol. The van der Waals surface area contributed by atoms with Crippen LogP contribution in [0.5, 0.6) is 0 Å². The highest BCUT2D eigenvalue weighted by atomic mass is 16.5. The fraction of sp³-hybridized carbons (Fsp3) is 0.875. The van der Waals surface area contributed by atoms with Crippen LogP contribution in [0.15, 0.2) is 0 Å². The molecule has 1 aliphatic heterocycles. The summed E-state index contributed by atoms with van der Waals surface area (Å²) in [7, 11) is 0. The van der Waals surface area contributed by atoms with E-state index in [9.17, 15) is 4.79 Å². The molecule has 1 heterocycles. The van der Waals surface area contributed by atoms with Crippen molar-refractivity contribution in [3.05, 3.63) is 0 Å². The third-order valence-electron chi connectivity index (χ3n) is 1.89.